The number of hydrogen-bond acceptors (Lipinski definition) is 6. The third kappa shape index (κ3) is 4.18. The molecule has 0 radical (unpaired) electrons. The Morgan fingerprint density at radius 3 is 2.79 bits per heavy atom. The van der Waals surface area contributed by atoms with Gasteiger partial charge in [0.1, 0.15) is 16.5 Å². The van der Waals surface area contributed by atoms with Crippen LogP contribution in [0.1, 0.15) is 22.7 Å². The van der Waals surface area contributed by atoms with Gasteiger partial charge < -0.3 is 10.2 Å². The van der Waals surface area contributed by atoms with Crippen LogP contribution in [-0.4, -0.2) is 35.5 Å². The summed E-state index contributed by atoms with van der Waals surface area (Å²) in [6.07, 6.45) is 0.497. The van der Waals surface area contributed by atoms with Crippen molar-refractivity contribution in [3.05, 3.63) is 45.0 Å². The number of hydrogen-bond donors (Lipinski definition) is 1. The van der Waals surface area contributed by atoms with Crippen molar-refractivity contribution in [2.45, 2.75) is 30.9 Å². The average Bonchev–Trinajstić information content (AvgIpc) is 2.83. The largest absolute Gasteiger partial charge is 0.354 e. The molecule has 5 nitrogen and oxygen atoms in total. The zero-order valence-corrected chi connectivity index (χ0v) is 19.0. The molecule has 1 amide bonds. The molecule has 3 aromatic rings. The van der Waals surface area contributed by atoms with Crippen molar-refractivity contribution >= 4 is 61.0 Å². The van der Waals surface area contributed by atoms with Gasteiger partial charge in [0, 0.05) is 40.3 Å². The Morgan fingerprint density at radius 2 is 2.00 bits per heavy atom. The van der Waals surface area contributed by atoms with Gasteiger partial charge in [0.15, 0.2) is 0 Å². The third-order valence-electron chi connectivity index (χ3n) is 4.85. The van der Waals surface area contributed by atoms with Crippen LogP contribution in [0.2, 0.25) is 0 Å². The number of carbonyl (C=O) groups is 1. The normalized spacial score (nSPS) is 15.0. The number of thioether (sulfide) groups is 1. The summed E-state index contributed by atoms with van der Waals surface area (Å²) < 4.78 is 1.07. The highest BCUT2D eigenvalue weighted by atomic mass is 79.9. The van der Waals surface area contributed by atoms with Crippen LogP contribution in [0.4, 0.5) is 5.82 Å². The summed E-state index contributed by atoms with van der Waals surface area (Å²) in [7, 11) is 0. The molecule has 1 fully saturated rings. The van der Waals surface area contributed by atoms with Crippen LogP contribution in [0.3, 0.4) is 0 Å². The van der Waals surface area contributed by atoms with E-state index >= 15 is 0 Å². The highest BCUT2D eigenvalue weighted by molar-refractivity contribution is 9.10. The molecular formula is C20H21BrN4OS2. The maximum atomic E-state index is 11.8. The van der Waals surface area contributed by atoms with E-state index in [-0.39, 0.29) is 5.91 Å². The molecule has 0 aliphatic carbocycles. The summed E-state index contributed by atoms with van der Waals surface area (Å²) in [5.41, 5.74) is 1.24. The fourth-order valence-corrected chi connectivity index (χ4v) is 5.28. The fourth-order valence-electron chi connectivity index (χ4n) is 3.22. The second-order valence-electron chi connectivity index (χ2n) is 6.76. The Hall–Kier alpha value is -1.64. The quantitative estimate of drug-likeness (QED) is 0.553. The molecule has 8 heteroatoms. The van der Waals surface area contributed by atoms with Crippen molar-refractivity contribution in [2.75, 3.05) is 24.5 Å². The van der Waals surface area contributed by atoms with E-state index in [9.17, 15) is 4.79 Å². The Labute approximate surface area is 181 Å². The lowest BCUT2D eigenvalue weighted by molar-refractivity contribution is -0.120. The average molecular weight is 477 g/mol. The van der Waals surface area contributed by atoms with E-state index in [0.717, 1.165) is 32.9 Å². The Kier molecular flexibility index (Phi) is 5.89. The van der Waals surface area contributed by atoms with E-state index in [1.54, 1.807) is 23.1 Å². The van der Waals surface area contributed by atoms with Gasteiger partial charge in [-0.1, -0.05) is 15.9 Å². The Balaban J connectivity index is 1.67. The van der Waals surface area contributed by atoms with E-state index in [1.807, 2.05) is 12.1 Å². The van der Waals surface area contributed by atoms with E-state index in [1.165, 1.54) is 15.3 Å². The minimum Gasteiger partial charge on any atom is -0.354 e. The van der Waals surface area contributed by atoms with Gasteiger partial charge in [0.2, 0.25) is 5.91 Å². The number of aryl methyl sites for hydroxylation is 2. The van der Waals surface area contributed by atoms with Crippen molar-refractivity contribution in [1.29, 1.82) is 0 Å². The molecule has 4 rings (SSSR count). The number of nitrogens with one attached hydrogen (secondary N) is 1. The highest BCUT2D eigenvalue weighted by Crippen LogP contribution is 2.36. The number of amides is 1. The number of halogens is 1. The highest BCUT2D eigenvalue weighted by Gasteiger charge is 2.21. The number of carbonyl (C=O) groups excluding carboxylic acids is 1. The number of nitrogens with zero attached hydrogens (tertiary/aromatic N) is 3. The number of anilines is 1. The van der Waals surface area contributed by atoms with Gasteiger partial charge in [0.05, 0.1) is 11.1 Å². The van der Waals surface area contributed by atoms with Crippen LogP contribution in [0, 0.1) is 13.8 Å². The minimum atomic E-state index is 0.108. The van der Waals surface area contributed by atoms with Crippen molar-refractivity contribution < 1.29 is 4.79 Å². The molecule has 0 spiro atoms. The lowest BCUT2D eigenvalue weighted by atomic mass is 10.2. The van der Waals surface area contributed by atoms with Gasteiger partial charge in [0.25, 0.3) is 0 Å². The van der Waals surface area contributed by atoms with Gasteiger partial charge in [-0.2, -0.15) is 0 Å². The lowest BCUT2D eigenvalue weighted by Crippen LogP contribution is -2.29. The molecule has 1 aromatic carbocycles. The molecule has 0 bridgehead atoms. The summed E-state index contributed by atoms with van der Waals surface area (Å²) in [4.78, 5) is 27.3. The molecule has 1 saturated heterocycles. The first-order valence-electron chi connectivity index (χ1n) is 9.18. The summed E-state index contributed by atoms with van der Waals surface area (Å²) in [5.74, 6) is 2.62. The molecule has 1 aliphatic heterocycles. The van der Waals surface area contributed by atoms with E-state index in [2.05, 4.69) is 52.1 Å². The van der Waals surface area contributed by atoms with Crippen LogP contribution in [-0.2, 0) is 10.5 Å². The second-order valence-corrected chi connectivity index (χ2v) is 9.92. The third-order valence-corrected chi connectivity index (χ3v) is 7.49. The Morgan fingerprint density at radius 1 is 1.21 bits per heavy atom. The summed E-state index contributed by atoms with van der Waals surface area (Å²) in [5, 5.41) is 4.08. The molecule has 0 saturated carbocycles. The van der Waals surface area contributed by atoms with Crippen LogP contribution in [0.25, 0.3) is 10.2 Å². The van der Waals surface area contributed by atoms with Gasteiger partial charge in [-0.25, -0.2) is 9.97 Å². The molecule has 1 N–H and O–H groups in total. The van der Waals surface area contributed by atoms with Crippen LogP contribution in [0.15, 0.2) is 33.6 Å². The first-order valence-corrected chi connectivity index (χ1v) is 11.8. The lowest BCUT2D eigenvalue weighted by Gasteiger charge is -2.22. The van der Waals surface area contributed by atoms with Crippen LogP contribution >= 0.6 is 39.0 Å². The van der Waals surface area contributed by atoms with Crippen molar-refractivity contribution in [3.8, 4) is 0 Å². The molecule has 0 unspecified atom stereocenters. The topological polar surface area (TPSA) is 58.1 Å². The first-order chi connectivity index (χ1) is 13.5. The van der Waals surface area contributed by atoms with Crippen LogP contribution in [0.5, 0.6) is 0 Å². The van der Waals surface area contributed by atoms with Crippen molar-refractivity contribution in [2.24, 2.45) is 0 Å². The fraction of sp³-hybridized carbons (Fsp3) is 0.350. The number of benzene rings is 1. The predicted molar refractivity (Wildman–Crippen MR) is 120 cm³/mol. The molecule has 2 aromatic heterocycles. The van der Waals surface area contributed by atoms with Gasteiger partial charge >= 0.3 is 0 Å². The minimum absolute atomic E-state index is 0.108. The maximum Gasteiger partial charge on any atom is 0.221 e. The van der Waals surface area contributed by atoms with Crippen molar-refractivity contribution in [1.82, 2.24) is 15.3 Å². The molecule has 0 atom stereocenters. The zero-order chi connectivity index (χ0) is 19.7. The van der Waals surface area contributed by atoms with Crippen LogP contribution < -0.4 is 10.2 Å². The van der Waals surface area contributed by atoms with Gasteiger partial charge in [-0.05, 0) is 43.7 Å². The molecule has 146 valence electrons. The monoisotopic (exact) mass is 476 g/mol. The molecular weight excluding hydrogens is 456 g/mol. The molecule has 1 aliphatic rings. The van der Waals surface area contributed by atoms with Crippen molar-refractivity contribution in [3.63, 3.8) is 0 Å². The maximum absolute atomic E-state index is 11.8. The van der Waals surface area contributed by atoms with E-state index < -0.39 is 0 Å². The Bertz CT molecular complexity index is 1020. The summed E-state index contributed by atoms with van der Waals surface area (Å²) >= 11 is 6.93. The standard InChI is InChI=1S/C20H21BrN4OS2/c1-12-13(2)28-20-18(12)19(25-9-7-17(26)22-8-10-25)23-16(24-20)11-27-15-5-3-14(21)4-6-15/h3-6H,7-11H2,1-2H3,(H,22,26). The number of aromatic nitrogens is 2. The van der Waals surface area contributed by atoms with E-state index in [0.29, 0.717) is 25.3 Å². The number of fused-ring (bicyclic) bond motifs is 1. The van der Waals surface area contributed by atoms with Gasteiger partial charge in [-0.3, -0.25) is 4.79 Å². The molecule has 28 heavy (non-hydrogen) atoms. The first kappa shape index (κ1) is 19.7. The number of rotatable bonds is 4. The molecule has 3 heterocycles. The smallest absolute Gasteiger partial charge is 0.221 e. The summed E-state index contributed by atoms with van der Waals surface area (Å²) in [6, 6.07) is 8.29. The zero-order valence-electron chi connectivity index (χ0n) is 15.8. The summed E-state index contributed by atoms with van der Waals surface area (Å²) in [6.45, 7) is 6.38. The predicted octanol–water partition coefficient (Wildman–Crippen LogP) is 4.69. The second kappa shape index (κ2) is 8.39. The number of thiophene rings is 1. The van der Waals surface area contributed by atoms with Gasteiger partial charge in [-0.15, -0.1) is 23.1 Å². The SMILES string of the molecule is Cc1sc2nc(CSc3ccc(Br)cc3)nc(N3CCNC(=O)CC3)c2c1C. The van der Waals surface area contributed by atoms with E-state index in [4.69, 9.17) is 9.97 Å².